The third-order valence-electron chi connectivity index (χ3n) is 7.98. The first-order valence-corrected chi connectivity index (χ1v) is 12.2. The molecule has 170 valence electrons. The van der Waals surface area contributed by atoms with E-state index in [-0.39, 0.29) is 6.09 Å². The maximum Gasteiger partial charge on any atom is 0.409 e. The Morgan fingerprint density at radius 2 is 1.97 bits per heavy atom. The van der Waals surface area contributed by atoms with Gasteiger partial charge in [0.25, 0.3) is 0 Å². The average Bonchev–Trinajstić information content (AvgIpc) is 3.25. The molecule has 7 nitrogen and oxygen atoms in total. The predicted octanol–water partition coefficient (Wildman–Crippen LogP) is 2.68. The number of anilines is 1. The van der Waals surface area contributed by atoms with Crippen LogP contribution in [0.3, 0.4) is 0 Å². The highest BCUT2D eigenvalue weighted by atomic mass is 16.6. The smallest absolute Gasteiger partial charge is 0.409 e. The highest BCUT2D eigenvalue weighted by Crippen LogP contribution is 2.47. The molecule has 0 unspecified atom stereocenters. The number of rotatable bonds is 4. The molecule has 1 amide bonds. The predicted molar refractivity (Wildman–Crippen MR) is 122 cm³/mol. The van der Waals surface area contributed by atoms with Crippen LogP contribution in [0.25, 0.3) is 0 Å². The van der Waals surface area contributed by atoms with Gasteiger partial charge in [-0.05, 0) is 69.7 Å². The van der Waals surface area contributed by atoms with Crippen LogP contribution in [0.2, 0.25) is 0 Å². The molecule has 31 heavy (non-hydrogen) atoms. The number of nitrogens with zero attached hydrogens (tertiary/aromatic N) is 4. The first-order chi connectivity index (χ1) is 15.2. The van der Waals surface area contributed by atoms with Crippen LogP contribution in [0.1, 0.15) is 50.5 Å². The first-order valence-electron chi connectivity index (χ1n) is 12.2. The van der Waals surface area contributed by atoms with Gasteiger partial charge in [0.1, 0.15) is 5.82 Å². The molecule has 0 bridgehead atoms. The van der Waals surface area contributed by atoms with Crippen molar-refractivity contribution < 1.29 is 9.53 Å². The van der Waals surface area contributed by atoms with E-state index in [4.69, 9.17) is 9.72 Å². The summed E-state index contributed by atoms with van der Waals surface area (Å²) in [5, 5.41) is 3.48. The summed E-state index contributed by atoms with van der Waals surface area (Å²) in [6.45, 7) is 10.7. The molecule has 1 atom stereocenters. The van der Waals surface area contributed by atoms with Gasteiger partial charge in [-0.1, -0.05) is 6.07 Å². The fourth-order valence-corrected chi connectivity index (χ4v) is 6.31. The van der Waals surface area contributed by atoms with E-state index in [0.29, 0.717) is 24.0 Å². The van der Waals surface area contributed by atoms with Crippen molar-refractivity contribution >= 4 is 11.9 Å². The van der Waals surface area contributed by atoms with Crippen molar-refractivity contribution in [2.45, 2.75) is 51.0 Å². The second kappa shape index (κ2) is 8.94. The molecule has 0 aromatic carbocycles. The van der Waals surface area contributed by atoms with Gasteiger partial charge in [0.05, 0.1) is 6.61 Å². The SMILES string of the molecule is CCOC(=O)N1CC2(CC[C@@H](N3CCN(c4ncccc4C4CCNCC4)CC3)C2)C1. The third kappa shape index (κ3) is 4.27. The van der Waals surface area contributed by atoms with Crippen LogP contribution in [0.15, 0.2) is 18.3 Å². The molecule has 3 saturated heterocycles. The highest BCUT2D eigenvalue weighted by molar-refractivity contribution is 5.69. The van der Waals surface area contributed by atoms with Crippen LogP contribution in [-0.4, -0.2) is 85.9 Å². The van der Waals surface area contributed by atoms with Gasteiger partial charge in [-0.2, -0.15) is 0 Å². The van der Waals surface area contributed by atoms with Crippen LogP contribution in [-0.2, 0) is 4.74 Å². The number of piperidine rings is 1. The molecule has 4 aliphatic rings. The summed E-state index contributed by atoms with van der Waals surface area (Å²) in [6, 6.07) is 5.07. The van der Waals surface area contributed by atoms with Crippen LogP contribution in [0.5, 0.6) is 0 Å². The van der Waals surface area contributed by atoms with Crippen molar-refractivity contribution in [3.8, 4) is 0 Å². The maximum atomic E-state index is 11.9. The Morgan fingerprint density at radius 3 is 2.71 bits per heavy atom. The van der Waals surface area contributed by atoms with E-state index in [1.165, 1.54) is 43.5 Å². The van der Waals surface area contributed by atoms with E-state index in [1.54, 1.807) is 0 Å². The Labute approximate surface area is 186 Å². The van der Waals surface area contributed by atoms with E-state index < -0.39 is 0 Å². The molecule has 1 spiro atoms. The molecule has 1 saturated carbocycles. The number of hydrogen-bond donors (Lipinski definition) is 1. The number of aromatic nitrogens is 1. The van der Waals surface area contributed by atoms with E-state index in [1.807, 2.05) is 18.0 Å². The summed E-state index contributed by atoms with van der Waals surface area (Å²) in [5.74, 6) is 1.86. The molecule has 1 N–H and O–H groups in total. The van der Waals surface area contributed by atoms with E-state index >= 15 is 0 Å². The van der Waals surface area contributed by atoms with Gasteiger partial charge in [0, 0.05) is 56.9 Å². The summed E-state index contributed by atoms with van der Waals surface area (Å²) < 4.78 is 5.16. The molecule has 1 aromatic heterocycles. The standard InChI is InChI=1S/C24H37N5O2/c1-2-31-23(30)29-17-24(18-29)8-5-20(16-24)27-12-14-28(15-13-27)22-21(4-3-9-26-22)19-6-10-25-11-7-19/h3-4,9,19-20,25H,2,5-8,10-18H2,1H3/t20-/m1/s1. The second-order valence-electron chi connectivity index (χ2n) is 9.92. The Balaban J connectivity index is 1.15. The quantitative estimate of drug-likeness (QED) is 0.797. The number of pyridine rings is 1. The van der Waals surface area contributed by atoms with Crippen LogP contribution in [0, 0.1) is 5.41 Å². The van der Waals surface area contributed by atoms with E-state index in [2.05, 4.69) is 27.2 Å². The summed E-state index contributed by atoms with van der Waals surface area (Å²) in [5.41, 5.74) is 1.79. The highest BCUT2D eigenvalue weighted by Gasteiger charge is 2.51. The summed E-state index contributed by atoms with van der Waals surface area (Å²) in [4.78, 5) is 23.9. The number of nitrogens with one attached hydrogen (secondary N) is 1. The normalized spacial score (nSPS) is 26.8. The molecule has 0 radical (unpaired) electrons. The number of ether oxygens (including phenoxy) is 1. The van der Waals surface area contributed by atoms with Gasteiger partial charge in [-0.15, -0.1) is 0 Å². The van der Waals surface area contributed by atoms with Crippen LogP contribution >= 0.6 is 0 Å². The van der Waals surface area contributed by atoms with Gasteiger partial charge >= 0.3 is 6.09 Å². The third-order valence-corrected chi connectivity index (χ3v) is 7.98. The molecule has 3 aliphatic heterocycles. The minimum Gasteiger partial charge on any atom is -0.450 e. The van der Waals surface area contributed by atoms with Crippen molar-refractivity contribution in [1.29, 1.82) is 0 Å². The molecule has 1 aromatic rings. The lowest BCUT2D eigenvalue weighted by Gasteiger charge is -2.48. The number of carbonyl (C=O) groups is 1. The summed E-state index contributed by atoms with van der Waals surface area (Å²) >= 11 is 0. The van der Waals surface area contributed by atoms with E-state index in [0.717, 1.165) is 52.4 Å². The van der Waals surface area contributed by atoms with Crippen LogP contribution < -0.4 is 10.2 Å². The zero-order chi connectivity index (χ0) is 21.3. The van der Waals surface area contributed by atoms with E-state index in [9.17, 15) is 4.79 Å². The minimum absolute atomic E-state index is 0.134. The molecule has 4 fully saturated rings. The monoisotopic (exact) mass is 427 g/mol. The van der Waals surface area contributed by atoms with Gasteiger partial charge in [0.15, 0.2) is 0 Å². The summed E-state index contributed by atoms with van der Waals surface area (Å²) in [6.07, 6.45) is 7.99. The second-order valence-corrected chi connectivity index (χ2v) is 9.92. The van der Waals surface area contributed by atoms with Crippen molar-refractivity contribution in [1.82, 2.24) is 20.1 Å². The molecule has 7 heteroatoms. The van der Waals surface area contributed by atoms with Crippen molar-refractivity contribution in [2.75, 3.05) is 63.9 Å². The first kappa shape index (κ1) is 21.0. The maximum absolute atomic E-state index is 11.9. The number of hydrogen-bond acceptors (Lipinski definition) is 6. The number of likely N-dealkylation sites (tertiary alicyclic amines) is 1. The Bertz CT molecular complexity index is 767. The van der Waals surface area contributed by atoms with Gasteiger partial charge in [-0.25, -0.2) is 9.78 Å². The molecule has 1 aliphatic carbocycles. The fourth-order valence-electron chi connectivity index (χ4n) is 6.31. The lowest BCUT2D eigenvalue weighted by molar-refractivity contribution is -0.00294. The molecule has 4 heterocycles. The molecular formula is C24H37N5O2. The van der Waals surface area contributed by atoms with Gasteiger partial charge < -0.3 is 19.9 Å². The average molecular weight is 428 g/mol. The zero-order valence-electron chi connectivity index (χ0n) is 18.9. The summed E-state index contributed by atoms with van der Waals surface area (Å²) in [7, 11) is 0. The number of piperazine rings is 1. The molecular weight excluding hydrogens is 390 g/mol. The molecule has 5 rings (SSSR count). The minimum atomic E-state index is -0.134. The Kier molecular flexibility index (Phi) is 6.06. The zero-order valence-corrected chi connectivity index (χ0v) is 18.9. The fraction of sp³-hybridized carbons (Fsp3) is 0.750. The lowest BCUT2D eigenvalue weighted by Crippen LogP contribution is -2.58. The van der Waals surface area contributed by atoms with Crippen molar-refractivity contribution in [3.05, 3.63) is 23.9 Å². The van der Waals surface area contributed by atoms with Gasteiger partial charge in [-0.3, -0.25) is 4.90 Å². The van der Waals surface area contributed by atoms with Crippen LogP contribution in [0.4, 0.5) is 10.6 Å². The largest absolute Gasteiger partial charge is 0.450 e. The Hall–Kier alpha value is -1.86. The van der Waals surface area contributed by atoms with Gasteiger partial charge in [0.2, 0.25) is 0 Å². The Morgan fingerprint density at radius 1 is 1.19 bits per heavy atom. The van der Waals surface area contributed by atoms with Crippen molar-refractivity contribution in [2.24, 2.45) is 5.41 Å². The number of amides is 1. The number of carbonyl (C=O) groups excluding carboxylic acids is 1. The lowest BCUT2D eigenvalue weighted by atomic mass is 9.78. The van der Waals surface area contributed by atoms with Crippen molar-refractivity contribution in [3.63, 3.8) is 0 Å². The topological polar surface area (TPSA) is 60.9 Å².